The first-order valence-electron chi connectivity index (χ1n) is 12.7. The molecule has 4 fully saturated rings. The van der Waals surface area contributed by atoms with Crippen LogP contribution in [0, 0.1) is 34.5 Å². The summed E-state index contributed by atoms with van der Waals surface area (Å²) in [6.07, 6.45) is 9.97. The van der Waals surface area contributed by atoms with Crippen molar-refractivity contribution >= 4 is 11.9 Å². The second kappa shape index (κ2) is 8.68. The Morgan fingerprint density at radius 2 is 1.58 bits per heavy atom. The van der Waals surface area contributed by atoms with Crippen molar-refractivity contribution < 1.29 is 24.2 Å². The third kappa shape index (κ3) is 4.28. The van der Waals surface area contributed by atoms with Crippen LogP contribution in [0.3, 0.4) is 0 Å². The highest BCUT2D eigenvalue weighted by molar-refractivity contribution is 5.77. The first-order valence-corrected chi connectivity index (χ1v) is 12.7. The van der Waals surface area contributed by atoms with Crippen molar-refractivity contribution in [2.75, 3.05) is 0 Å². The molecule has 0 bridgehead atoms. The highest BCUT2D eigenvalue weighted by Gasteiger charge is 2.61. The Kier molecular flexibility index (Phi) is 6.46. The molecular formula is C26H42O5. The number of aliphatic hydroxyl groups excluding tert-OH is 1. The van der Waals surface area contributed by atoms with Crippen LogP contribution in [0.25, 0.3) is 0 Å². The Balaban J connectivity index is 1.38. The van der Waals surface area contributed by atoms with E-state index < -0.39 is 0 Å². The third-order valence-corrected chi connectivity index (χ3v) is 9.73. The molecule has 4 aliphatic carbocycles. The summed E-state index contributed by atoms with van der Waals surface area (Å²) in [6.45, 7) is 8.49. The molecule has 176 valence electrons. The van der Waals surface area contributed by atoms with Gasteiger partial charge < -0.3 is 14.6 Å². The second-order valence-electron chi connectivity index (χ2n) is 11.7. The van der Waals surface area contributed by atoms with Gasteiger partial charge in [-0.3, -0.25) is 9.59 Å². The zero-order chi connectivity index (χ0) is 22.4. The van der Waals surface area contributed by atoms with Crippen LogP contribution in [0.4, 0.5) is 0 Å². The van der Waals surface area contributed by atoms with Crippen molar-refractivity contribution in [2.24, 2.45) is 34.5 Å². The lowest BCUT2D eigenvalue weighted by atomic mass is 9.45. The molecule has 4 rings (SSSR count). The normalized spacial score (nSPS) is 44.2. The summed E-state index contributed by atoms with van der Waals surface area (Å²) in [6, 6.07) is 0. The van der Waals surface area contributed by atoms with Gasteiger partial charge in [0.15, 0.2) is 0 Å². The van der Waals surface area contributed by atoms with E-state index in [2.05, 4.69) is 13.8 Å². The van der Waals surface area contributed by atoms with Gasteiger partial charge in [0.1, 0.15) is 6.10 Å². The van der Waals surface area contributed by atoms with Crippen molar-refractivity contribution in [1.29, 1.82) is 0 Å². The van der Waals surface area contributed by atoms with Crippen LogP contribution in [-0.4, -0.2) is 35.4 Å². The van der Waals surface area contributed by atoms with Gasteiger partial charge in [-0.05, 0) is 101 Å². The lowest BCUT2D eigenvalue weighted by molar-refractivity contribution is -0.167. The van der Waals surface area contributed by atoms with E-state index in [9.17, 15) is 14.7 Å². The number of fused-ring (bicyclic) bond motifs is 5. The van der Waals surface area contributed by atoms with Crippen molar-refractivity contribution in [3.8, 4) is 0 Å². The maximum atomic E-state index is 12.5. The standard InChI is InChI=1S/C26H42O5/c1-16(2)30-23(28)9-10-24(29)31-22-8-7-20-19-6-5-17-15-18(27)11-13-25(17,3)21(19)12-14-26(20,22)4/h16-22,27H,5-15H2,1-4H3/t17-,18+,19-,20-,21-,22-,25-,26-/m0/s1. The molecule has 0 spiro atoms. The molecule has 0 radical (unpaired) electrons. The fraction of sp³-hybridized carbons (Fsp3) is 0.923. The molecule has 0 saturated heterocycles. The Hall–Kier alpha value is -1.10. The summed E-state index contributed by atoms with van der Waals surface area (Å²) < 4.78 is 11.1. The lowest BCUT2D eigenvalue weighted by Gasteiger charge is -2.60. The lowest BCUT2D eigenvalue weighted by Crippen LogP contribution is -2.54. The van der Waals surface area contributed by atoms with Crippen molar-refractivity contribution in [2.45, 2.75) is 117 Å². The smallest absolute Gasteiger partial charge is 0.306 e. The molecule has 0 aromatic rings. The van der Waals surface area contributed by atoms with E-state index in [4.69, 9.17) is 9.47 Å². The fourth-order valence-corrected chi connectivity index (χ4v) is 8.12. The minimum Gasteiger partial charge on any atom is -0.463 e. The van der Waals surface area contributed by atoms with E-state index in [0.717, 1.165) is 50.4 Å². The van der Waals surface area contributed by atoms with E-state index >= 15 is 0 Å². The quantitative estimate of drug-likeness (QED) is 0.614. The molecular weight excluding hydrogens is 392 g/mol. The number of ether oxygens (including phenoxy) is 2. The average Bonchev–Trinajstić information content (AvgIpc) is 3.03. The predicted molar refractivity (Wildman–Crippen MR) is 118 cm³/mol. The first kappa shape index (κ1) is 23.1. The maximum Gasteiger partial charge on any atom is 0.306 e. The molecule has 0 heterocycles. The number of hydrogen-bond donors (Lipinski definition) is 1. The Morgan fingerprint density at radius 1 is 0.903 bits per heavy atom. The van der Waals surface area contributed by atoms with Gasteiger partial charge in [-0.1, -0.05) is 13.8 Å². The summed E-state index contributed by atoms with van der Waals surface area (Å²) in [5.74, 6) is 2.18. The van der Waals surface area contributed by atoms with Crippen molar-refractivity contribution in [3.63, 3.8) is 0 Å². The molecule has 5 heteroatoms. The van der Waals surface area contributed by atoms with Gasteiger partial charge in [-0.2, -0.15) is 0 Å². The Bertz CT molecular complexity index is 689. The van der Waals surface area contributed by atoms with Gasteiger partial charge >= 0.3 is 11.9 Å². The molecule has 0 aromatic heterocycles. The zero-order valence-electron chi connectivity index (χ0n) is 19.9. The third-order valence-electron chi connectivity index (χ3n) is 9.73. The number of esters is 2. The monoisotopic (exact) mass is 434 g/mol. The minimum atomic E-state index is -0.328. The topological polar surface area (TPSA) is 72.8 Å². The van der Waals surface area contributed by atoms with Crippen LogP contribution in [0.15, 0.2) is 0 Å². The molecule has 1 N–H and O–H groups in total. The molecule has 4 aliphatic rings. The predicted octanol–water partition coefficient (Wildman–Crippen LogP) is 5.03. The Labute approximate surface area is 187 Å². The highest BCUT2D eigenvalue weighted by atomic mass is 16.6. The highest BCUT2D eigenvalue weighted by Crippen LogP contribution is 2.66. The number of aliphatic hydroxyl groups is 1. The van der Waals surface area contributed by atoms with Crippen LogP contribution in [0.5, 0.6) is 0 Å². The SMILES string of the molecule is CC(C)OC(=O)CCC(=O)O[C@H]1CC[C@H]2[C@@H]3CC[C@H]4C[C@H](O)CC[C@]4(C)[C@H]3CC[C@]12C. The van der Waals surface area contributed by atoms with Crippen molar-refractivity contribution in [3.05, 3.63) is 0 Å². The zero-order valence-corrected chi connectivity index (χ0v) is 19.9. The van der Waals surface area contributed by atoms with Crippen molar-refractivity contribution in [1.82, 2.24) is 0 Å². The van der Waals surface area contributed by atoms with Crippen LogP contribution in [0.2, 0.25) is 0 Å². The van der Waals surface area contributed by atoms with Gasteiger partial charge in [0.05, 0.1) is 25.0 Å². The average molecular weight is 435 g/mol. The summed E-state index contributed by atoms with van der Waals surface area (Å²) >= 11 is 0. The van der Waals surface area contributed by atoms with Gasteiger partial charge in [0.2, 0.25) is 0 Å². The van der Waals surface area contributed by atoms with Gasteiger partial charge in [-0.15, -0.1) is 0 Å². The molecule has 8 atom stereocenters. The van der Waals surface area contributed by atoms with Gasteiger partial charge in [0.25, 0.3) is 0 Å². The van der Waals surface area contributed by atoms with Crippen LogP contribution in [0.1, 0.15) is 98.3 Å². The fourth-order valence-electron chi connectivity index (χ4n) is 8.12. The minimum absolute atomic E-state index is 0.0224. The summed E-state index contributed by atoms with van der Waals surface area (Å²) in [5.41, 5.74) is 0.432. The maximum absolute atomic E-state index is 12.5. The van der Waals surface area contributed by atoms with E-state index in [-0.39, 0.29) is 48.5 Å². The van der Waals surface area contributed by atoms with Crippen LogP contribution >= 0.6 is 0 Å². The Morgan fingerprint density at radius 3 is 2.32 bits per heavy atom. The summed E-state index contributed by atoms with van der Waals surface area (Å²) in [5, 5.41) is 10.2. The molecule has 4 saturated carbocycles. The number of hydrogen-bond acceptors (Lipinski definition) is 5. The molecule has 0 aliphatic heterocycles. The first-order chi connectivity index (χ1) is 14.6. The molecule has 0 unspecified atom stereocenters. The number of rotatable bonds is 5. The van der Waals surface area contributed by atoms with E-state index in [0.29, 0.717) is 17.3 Å². The second-order valence-corrected chi connectivity index (χ2v) is 11.7. The number of carbonyl (C=O) groups is 2. The van der Waals surface area contributed by atoms with Gasteiger partial charge in [-0.25, -0.2) is 0 Å². The number of carbonyl (C=O) groups excluding carboxylic acids is 2. The summed E-state index contributed by atoms with van der Waals surface area (Å²) in [4.78, 5) is 24.3. The van der Waals surface area contributed by atoms with E-state index in [1.807, 2.05) is 13.8 Å². The van der Waals surface area contributed by atoms with E-state index in [1.165, 1.54) is 19.3 Å². The van der Waals surface area contributed by atoms with Crippen LogP contribution < -0.4 is 0 Å². The van der Waals surface area contributed by atoms with E-state index in [1.54, 1.807) is 0 Å². The van der Waals surface area contributed by atoms with Gasteiger partial charge in [0, 0.05) is 5.41 Å². The summed E-state index contributed by atoms with van der Waals surface area (Å²) in [7, 11) is 0. The molecule has 0 amide bonds. The molecule has 31 heavy (non-hydrogen) atoms. The molecule has 5 nitrogen and oxygen atoms in total. The molecule has 0 aromatic carbocycles. The van der Waals surface area contributed by atoms with Crippen LogP contribution in [-0.2, 0) is 19.1 Å². The largest absolute Gasteiger partial charge is 0.463 e.